The first kappa shape index (κ1) is 15.8. The normalized spacial score (nSPS) is 10.9. The summed E-state index contributed by atoms with van der Waals surface area (Å²) in [6.45, 7) is 0. The number of carboxylic acids is 1. The molecule has 0 bridgehead atoms. The monoisotopic (exact) mass is 390 g/mol. The molecule has 0 amide bonds. The molecule has 3 rings (SSSR count). The maximum absolute atomic E-state index is 12.7. The third-order valence-corrected chi connectivity index (χ3v) is 4.29. The molecule has 0 unspecified atom stereocenters. The Labute approximate surface area is 145 Å². The van der Waals surface area contributed by atoms with Crippen molar-refractivity contribution in [3.05, 3.63) is 68.8 Å². The highest BCUT2D eigenvalue weighted by Gasteiger charge is 2.19. The van der Waals surface area contributed by atoms with Crippen LogP contribution in [0.4, 0.5) is 0 Å². The molecule has 0 aliphatic heterocycles. The molecule has 4 nitrogen and oxygen atoms in total. The summed E-state index contributed by atoms with van der Waals surface area (Å²) in [5.41, 5.74) is 1.73. The minimum Gasteiger partial charge on any atom is -0.550 e. The summed E-state index contributed by atoms with van der Waals surface area (Å²) in [6.07, 6.45) is -0.348. The Hall–Kier alpha value is -2.11. The Balaban J connectivity index is 2.16. The molecule has 0 saturated heterocycles. The topological polar surface area (TPSA) is 73.0 Å². The average molecular weight is 392 g/mol. The van der Waals surface area contributed by atoms with Crippen molar-refractivity contribution in [2.45, 2.75) is 6.42 Å². The lowest BCUT2D eigenvalue weighted by atomic mass is 10.0. The number of fused-ring (bicyclic) bond motifs is 1. The number of benzene rings is 2. The van der Waals surface area contributed by atoms with Crippen LogP contribution in [0, 0.1) is 0 Å². The lowest BCUT2D eigenvalue weighted by Gasteiger charge is -2.05. The van der Waals surface area contributed by atoms with Crippen LogP contribution in [0.1, 0.15) is 21.6 Å². The van der Waals surface area contributed by atoms with Gasteiger partial charge in [0.05, 0.1) is 5.69 Å². The van der Waals surface area contributed by atoms with Crippen LogP contribution >= 0.6 is 27.5 Å². The Morgan fingerprint density at radius 2 is 1.83 bits per heavy atom. The molecule has 0 spiro atoms. The number of halogens is 2. The standard InChI is InChI=1S/C17H11BrClNO3/c18-10-3-1-9(2-4-10)17(23)16-13(8-15(21)22)12-6-5-11(19)7-14(12)20-16/h1-7,20H,8H2,(H,21,22)/p-1. The first-order chi connectivity index (χ1) is 11.0. The van der Waals surface area contributed by atoms with Crippen molar-refractivity contribution < 1.29 is 14.7 Å². The molecular formula is C17H10BrClNO3-. The molecule has 1 heterocycles. The predicted octanol–water partition coefficient (Wildman–Crippen LogP) is 3.11. The van der Waals surface area contributed by atoms with Gasteiger partial charge in [0.25, 0.3) is 0 Å². The van der Waals surface area contributed by atoms with Gasteiger partial charge in [-0.3, -0.25) is 4.79 Å². The van der Waals surface area contributed by atoms with Gasteiger partial charge in [-0.05, 0) is 42.0 Å². The quantitative estimate of drug-likeness (QED) is 0.695. The van der Waals surface area contributed by atoms with Gasteiger partial charge in [-0.2, -0.15) is 0 Å². The number of rotatable bonds is 4. The van der Waals surface area contributed by atoms with E-state index < -0.39 is 5.97 Å². The molecule has 2 aromatic carbocycles. The first-order valence-corrected chi connectivity index (χ1v) is 7.93. The second-order valence-corrected chi connectivity index (χ2v) is 6.41. The van der Waals surface area contributed by atoms with Gasteiger partial charge in [0, 0.05) is 38.4 Å². The van der Waals surface area contributed by atoms with Crippen LogP contribution in [-0.4, -0.2) is 16.7 Å². The maximum atomic E-state index is 12.7. The molecule has 0 atom stereocenters. The van der Waals surface area contributed by atoms with Crippen molar-refractivity contribution in [1.29, 1.82) is 0 Å². The van der Waals surface area contributed by atoms with E-state index in [1.54, 1.807) is 42.5 Å². The summed E-state index contributed by atoms with van der Waals surface area (Å²) in [5.74, 6) is -1.52. The molecule has 0 aliphatic carbocycles. The Kier molecular flexibility index (Phi) is 4.24. The SMILES string of the molecule is O=C([O-])Cc1c(C(=O)c2ccc(Br)cc2)[nH]c2cc(Cl)ccc12. The lowest BCUT2D eigenvalue weighted by molar-refractivity contribution is -0.304. The minimum absolute atomic E-state index is 0.244. The lowest BCUT2D eigenvalue weighted by Crippen LogP contribution is -2.25. The molecular weight excluding hydrogens is 382 g/mol. The predicted molar refractivity (Wildman–Crippen MR) is 89.6 cm³/mol. The number of ketones is 1. The van der Waals surface area contributed by atoms with Gasteiger partial charge in [-0.25, -0.2) is 0 Å². The summed E-state index contributed by atoms with van der Waals surface area (Å²) in [4.78, 5) is 26.8. The zero-order valence-corrected chi connectivity index (χ0v) is 14.1. The Morgan fingerprint density at radius 3 is 2.48 bits per heavy atom. The number of hydrogen-bond donors (Lipinski definition) is 1. The number of carbonyl (C=O) groups is 2. The third-order valence-electron chi connectivity index (χ3n) is 3.52. The fourth-order valence-electron chi connectivity index (χ4n) is 2.50. The number of aromatic amines is 1. The van der Waals surface area contributed by atoms with E-state index >= 15 is 0 Å². The van der Waals surface area contributed by atoms with Crippen LogP contribution in [0.3, 0.4) is 0 Å². The van der Waals surface area contributed by atoms with Gasteiger partial charge >= 0.3 is 0 Å². The number of aromatic nitrogens is 1. The Morgan fingerprint density at radius 1 is 1.13 bits per heavy atom. The summed E-state index contributed by atoms with van der Waals surface area (Å²) in [6, 6.07) is 11.9. The van der Waals surface area contributed by atoms with E-state index in [-0.39, 0.29) is 17.9 Å². The molecule has 6 heteroatoms. The molecule has 0 saturated carbocycles. The van der Waals surface area contributed by atoms with Crippen molar-refractivity contribution >= 4 is 50.2 Å². The number of aliphatic carboxylic acids is 1. The Bertz CT molecular complexity index is 915. The van der Waals surface area contributed by atoms with Crippen molar-refractivity contribution in [2.75, 3.05) is 0 Å². The molecule has 3 aromatic rings. The van der Waals surface area contributed by atoms with Gasteiger partial charge < -0.3 is 14.9 Å². The molecule has 1 N–H and O–H groups in total. The highest BCUT2D eigenvalue weighted by molar-refractivity contribution is 9.10. The van der Waals surface area contributed by atoms with Gasteiger partial charge in [0.1, 0.15) is 0 Å². The van der Waals surface area contributed by atoms with Gasteiger partial charge in [0.15, 0.2) is 0 Å². The smallest absolute Gasteiger partial charge is 0.209 e. The number of H-pyrrole nitrogens is 1. The number of hydrogen-bond acceptors (Lipinski definition) is 3. The first-order valence-electron chi connectivity index (χ1n) is 6.76. The summed E-state index contributed by atoms with van der Waals surface area (Å²) < 4.78 is 0.854. The van der Waals surface area contributed by atoms with E-state index in [0.717, 1.165) is 4.47 Å². The third kappa shape index (κ3) is 3.16. The molecule has 1 aromatic heterocycles. The van der Waals surface area contributed by atoms with Crippen LogP contribution in [0.5, 0.6) is 0 Å². The van der Waals surface area contributed by atoms with Crippen LogP contribution in [0.25, 0.3) is 10.9 Å². The molecule has 0 radical (unpaired) electrons. The number of carbonyl (C=O) groups excluding carboxylic acids is 2. The number of nitrogens with one attached hydrogen (secondary N) is 1. The van der Waals surface area contributed by atoms with Gasteiger partial charge in [0.2, 0.25) is 5.78 Å². The van der Waals surface area contributed by atoms with Gasteiger partial charge in [-0.1, -0.05) is 33.6 Å². The number of carboxylic acid groups (broad SMARTS) is 1. The molecule has 0 aliphatic rings. The van der Waals surface area contributed by atoms with Crippen LogP contribution in [0.2, 0.25) is 5.02 Å². The highest BCUT2D eigenvalue weighted by atomic mass is 79.9. The zero-order chi connectivity index (χ0) is 16.6. The van der Waals surface area contributed by atoms with Crippen LogP contribution in [-0.2, 0) is 11.2 Å². The second kappa shape index (κ2) is 6.18. The van der Waals surface area contributed by atoms with Crippen molar-refractivity contribution in [1.82, 2.24) is 4.98 Å². The minimum atomic E-state index is -1.24. The van der Waals surface area contributed by atoms with E-state index in [4.69, 9.17) is 11.6 Å². The van der Waals surface area contributed by atoms with Crippen LogP contribution < -0.4 is 5.11 Å². The van der Waals surface area contributed by atoms with Crippen molar-refractivity contribution in [3.63, 3.8) is 0 Å². The van der Waals surface area contributed by atoms with E-state index in [2.05, 4.69) is 20.9 Å². The van der Waals surface area contributed by atoms with E-state index in [1.807, 2.05) is 0 Å². The van der Waals surface area contributed by atoms with Crippen molar-refractivity contribution in [3.8, 4) is 0 Å². The maximum Gasteiger partial charge on any atom is 0.209 e. The molecule has 116 valence electrons. The second-order valence-electron chi connectivity index (χ2n) is 5.05. The summed E-state index contributed by atoms with van der Waals surface area (Å²) >= 11 is 9.28. The average Bonchev–Trinajstić information content (AvgIpc) is 2.84. The largest absolute Gasteiger partial charge is 0.550 e. The molecule has 23 heavy (non-hydrogen) atoms. The van der Waals surface area contributed by atoms with Crippen LogP contribution in [0.15, 0.2) is 46.9 Å². The fourth-order valence-corrected chi connectivity index (χ4v) is 2.93. The fraction of sp³-hybridized carbons (Fsp3) is 0.0588. The highest BCUT2D eigenvalue weighted by Crippen LogP contribution is 2.27. The summed E-state index contributed by atoms with van der Waals surface area (Å²) in [7, 11) is 0. The van der Waals surface area contributed by atoms with E-state index in [1.165, 1.54) is 0 Å². The molecule has 0 fully saturated rings. The van der Waals surface area contributed by atoms with E-state index in [0.29, 0.717) is 27.1 Å². The van der Waals surface area contributed by atoms with Gasteiger partial charge in [-0.15, -0.1) is 0 Å². The zero-order valence-electron chi connectivity index (χ0n) is 11.7. The van der Waals surface area contributed by atoms with Crippen molar-refractivity contribution in [2.24, 2.45) is 0 Å². The van der Waals surface area contributed by atoms with E-state index in [9.17, 15) is 14.7 Å². The summed E-state index contributed by atoms with van der Waals surface area (Å²) in [5, 5.41) is 12.2.